The maximum absolute atomic E-state index is 12.9. The van der Waals surface area contributed by atoms with E-state index in [1.165, 1.54) is 5.06 Å². The lowest BCUT2D eigenvalue weighted by Gasteiger charge is -2.51. The van der Waals surface area contributed by atoms with Gasteiger partial charge in [-0.25, -0.2) is 0 Å². The molecule has 0 saturated carbocycles. The van der Waals surface area contributed by atoms with Crippen LogP contribution < -0.4 is 10.6 Å². The number of hydrogen-bond acceptors (Lipinski definition) is 5. The normalized spacial score (nSPS) is 25.0. The van der Waals surface area contributed by atoms with Crippen LogP contribution >= 0.6 is 0 Å². The number of benzene rings is 1. The maximum Gasteiger partial charge on any atom is 0.251 e. The Labute approximate surface area is 203 Å². The monoisotopic (exact) mass is 473 g/mol. The van der Waals surface area contributed by atoms with E-state index in [1.807, 2.05) is 55.4 Å². The van der Waals surface area contributed by atoms with Gasteiger partial charge in [0, 0.05) is 45.4 Å². The van der Waals surface area contributed by atoms with Crippen molar-refractivity contribution in [1.82, 2.24) is 20.8 Å². The number of hydroxylamine groups is 4. The van der Waals surface area contributed by atoms with Gasteiger partial charge in [0.05, 0.1) is 0 Å². The van der Waals surface area contributed by atoms with Crippen LogP contribution in [0.4, 0.5) is 0 Å². The molecule has 0 bridgehead atoms. The second-order valence-corrected chi connectivity index (χ2v) is 12.6. The molecule has 0 unspecified atom stereocenters. The fourth-order valence-corrected chi connectivity index (χ4v) is 6.05. The molecule has 3 rings (SSSR count). The van der Waals surface area contributed by atoms with Gasteiger partial charge < -0.3 is 15.8 Å². The van der Waals surface area contributed by atoms with Crippen LogP contribution in [0.15, 0.2) is 24.3 Å². The SMILES string of the molecule is CC1(C)CC(NC(=O)c2ccc(C(=O)NC3CC(C)(C)N(O)C(C)(C)C3)cc2)CC(C)(C)N1[O]. The Morgan fingerprint density at radius 2 is 1.00 bits per heavy atom. The molecule has 2 aliphatic rings. The summed E-state index contributed by atoms with van der Waals surface area (Å²) in [4.78, 5) is 25.7. The molecule has 2 aliphatic heterocycles. The van der Waals surface area contributed by atoms with Crippen molar-refractivity contribution in [3.05, 3.63) is 35.4 Å². The number of nitrogens with one attached hydrogen (secondary N) is 2. The van der Waals surface area contributed by atoms with Crippen molar-refractivity contribution in [2.24, 2.45) is 0 Å². The van der Waals surface area contributed by atoms with Crippen LogP contribution in [0.3, 0.4) is 0 Å². The summed E-state index contributed by atoms with van der Waals surface area (Å²) in [5.74, 6) is -0.400. The van der Waals surface area contributed by atoms with Crippen LogP contribution in [-0.2, 0) is 5.21 Å². The lowest BCUT2D eigenvalue weighted by atomic mass is 9.79. The highest BCUT2D eigenvalue weighted by Crippen LogP contribution is 2.38. The van der Waals surface area contributed by atoms with Crippen molar-refractivity contribution >= 4 is 11.8 Å². The highest BCUT2D eigenvalue weighted by Gasteiger charge is 2.47. The number of hydrogen-bond donors (Lipinski definition) is 3. The standard InChI is InChI=1S/C26H41N4O4/c1-23(2)13-19(14-24(3,4)29(23)33)27-21(31)17-9-11-18(12-10-17)22(32)28-20-15-25(5,6)30(34)26(7,8)16-20/h9-12,19-20,33H,13-16H2,1-8H3,(H,27,31)(H,28,32). The summed E-state index contributed by atoms with van der Waals surface area (Å²) in [6, 6.07) is 6.48. The number of nitrogens with zero attached hydrogens (tertiary/aromatic N) is 2. The van der Waals surface area contributed by atoms with Crippen LogP contribution in [0.1, 0.15) is 102 Å². The van der Waals surface area contributed by atoms with Crippen molar-refractivity contribution in [3.63, 3.8) is 0 Å². The first-order valence-electron chi connectivity index (χ1n) is 12.1. The van der Waals surface area contributed by atoms with Crippen LogP contribution in [0.25, 0.3) is 0 Å². The van der Waals surface area contributed by atoms with Crippen LogP contribution in [-0.4, -0.2) is 61.4 Å². The number of amides is 2. The molecule has 0 aliphatic carbocycles. The van der Waals surface area contributed by atoms with Crippen molar-refractivity contribution in [2.75, 3.05) is 0 Å². The Morgan fingerprint density at radius 1 is 0.706 bits per heavy atom. The van der Waals surface area contributed by atoms with E-state index in [0.717, 1.165) is 5.06 Å². The Bertz CT molecular complexity index is 812. The predicted molar refractivity (Wildman–Crippen MR) is 130 cm³/mol. The van der Waals surface area contributed by atoms with Gasteiger partial charge in [-0.3, -0.25) is 9.59 Å². The molecule has 34 heavy (non-hydrogen) atoms. The number of rotatable bonds is 4. The van der Waals surface area contributed by atoms with E-state index >= 15 is 0 Å². The Kier molecular flexibility index (Phi) is 6.96. The van der Waals surface area contributed by atoms with Gasteiger partial charge in [0.1, 0.15) is 0 Å². The van der Waals surface area contributed by atoms with Gasteiger partial charge in [0.2, 0.25) is 0 Å². The molecule has 0 aromatic heterocycles. The fraction of sp³-hybridized carbons (Fsp3) is 0.692. The molecule has 2 saturated heterocycles. The van der Waals surface area contributed by atoms with Crippen molar-refractivity contribution < 1.29 is 20.0 Å². The summed E-state index contributed by atoms with van der Waals surface area (Å²) in [6.07, 6.45) is 2.42. The zero-order chi connectivity index (χ0) is 25.7. The molecule has 2 fully saturated rings. The minimum absolute atomic E-state index is 0.0672. The average molecular weight is 474 g/mol. The number of piperidine rings is 2. The third kappa shape index (κ3) is 5.46. The molecule has 2 amide bonds. The molecule has 0 atom stereocenters. The maximum atomic E-state index is 12.9. The van der Waals surface area contributed by atoms with E-state index in [2.05, 4.69) is 10.6 Å². The minimum atomic E-state index is -0.559. The fourth-order valence-electron chi connectivity index (χ4n) is 6.05. The molecule has 2 heterocycles. The molecule has 1 aromatic rings. The highest BCUT2D eigenvalue weighted by molar-refractivity contribution is 5.98. The van der Waals surface area contributed by atoms with E-state index < -0.39 is 22.2 Å². The largest absolute Gasteiger partial charge is 0.349 e. The van der Waals surface area contributed by atoms with Gasteiger partial charge in [-0.05, 0) is 105 Å². The van der Waals surface area contributed by atoms with Crippen LogP contribution in [0, 0.1) is 0 Å². The third-order valence-electron chi connectivity index (χ3n) is 7.31. The molecule has 8 heteroatoms. The zero-order valence-corrected chi connectivity index (χ0v) is 21.9. The van der Waals surface area contributed by atoms with Gasteiger partial charge in [-0.2, -0.15) is 5.06 Å². The van der Waals surface area contributed by atoms with Crippen molar-refractivity contribution in [2.45, 2.75) is 115 Å². The lowest BCUT2D eigenvalue weighted by molar-refractivity contribution is -0.289. The highest BCUT2D eigenvalue weighted by atomic mass is 16.5. The molecule has 1 aromatic carbocycles. The van der Waals surface area contributed by atoms with Gasteiger partial charge in [0.15, 0.2) is 0 Å². The smallest absolute Gasteiger partial charge is 0.251 e. The number of carbonyl (C=O) groups is 2. The van der Waals surface area contributed by atoms with E-state index in [4.69, 9.17) is 0 Å². The summed E-state index contributed by atoms with van der Waals surface area (Å²) in [7, 11) is 0. The van der Waals surface area contributed by atoms with Gasteiger partial charge in [0.25, 0.3) is 11.8 Å². The van der Waals surface area contributed by atoms with Crippen molar-refractivity contribution in [1.29, 1.82) is 0 Å². The minimum Gasteiger partial charge on any atom is -0.349 e. The molecule has 3 N–H and O–H groups in total. The van der Waals surface area contributed by atoms with E-state index in [1.54, 1.807) is 24.3 Å². The Hall–Kier alpha value is -2.00. The first-order valence-corrected chi connectivity index (χ1v) is 12.1. The summed E-state index contributed by atoms with van der Waals surface area (Å²) in [5, 5.41) is 31.7. The molecule has 0 spiro atoms. The summed E-state index contributed by atoms with van der Waals surface area (Å²) in [6.45, 7) is 15.5. The topological polar surface area (TPSA) is 105 Å². The zero-order valence-electron chi connectivity index (χ0n) is 21.9. The molecular formula is C26H41N4O4. The summed E-state index contributed by atoms with van der Waals surface area (Å²) >= 11 is 0. The first-order chi connectivity index (χ1) is 15.4. The van der Waals surface area contributed by atoms with Crippen molar-refractivity contribution in [3.8, 4) is 0 Å². The first kappa shape index (κ1) is 26.6. The average Bonchev–Trinajstić information content (AvgIpc) is 2.69. The predicted octanol–water partition coefficient (Wildman–Crippen LogP) is 3.92. The van der Waals surface area contributed by atoms with Crippen LogP contribution in [0.5, 0.6) is 0 Å². The molecule has 8 nitrogen and oxygen atoms in total. The summed E-state index contributed by atoms with van der Waals surface area (Å²) in [5.41, 5.74) is -1.05. The quantitative estimate of drug-likeness (QED) is 0.615. The summed E-state index contributed by atoms with van der Waals surface area (Å²) < 4.78 is 0. The Balaban J connectivity index is 1.62. The van der Waals surface area contributed by atoms with Crippen LogP contribution in [0.2, 0.25) is 0 Å². The lowest BCUT2D eigenvalue weighted by Crippen LogP contribution is -2.62. The molecule has 189 valence electrons. The molecule has 1 radical (unpaired) electrons. The second kappa shape index (κ2) is 8.90. The van der Waals surface area contributed by atoms with Gasteiger partial charge in [-0.15, -0.1) is 10.3 Å². The van der Waals surface area contributed by atoms with E-state index in [9.17, 15) is 20.0 Å². The molecular weight excluding hydrogens is 432 g/mol. The van der Waals surface area contributed by atoms with Gasteiger partial charge in [-0.1, -0.05) is 0 Å². The number of carbonyl (C=O) groups excluding carboxylic acids is 2. The van der Waals surface area contributed by atoms with E-state index in [-0.39, 0.29) is 23.9 Å². The van der Waals surface area contributed by atoms with E-state index in [0.29, 0.717) is 36.8 Å². The Morgan fingerprint density at radius 3 is 1.32 bits per heavy atom. The second-order valence-electron chi connectivity index (χ2n) is 12.6. The third-order valence-corrected chi connectivity index (χ3v) is 7.31. The van der Waals surface area contributed by atoms with Gasteiger partial charge >= 0.3 is 0 Å².